The molecule has 1 amide bonds. The Morgan fingerprint density at radius 1 is 1.57 bits per heavy atom. The average molecular weight is 194 g/mol. The highest BCUT2D eigenvalue weighted by Crippen LogP contribution is 2.16. The van der Waals surface area contributed by atoms with Crippen LogP contribution in [0, 0.1) is 0 Å². The smallest absolute Gasteiger partial charge is 0.241 e. The number of amides is 1. The fourth-order valence-electron chi connectivity index (χ4n) is 0.957. The lowest BCUT2D eigenvalue weighted by atomic mass is 10.2. The van der Waals surface area contributed by atoms with Gasteiger partial charge in [-0.25, -0.2) is 0 Å². The van der Waals surface area contributed by atoms with Gasteiger partial charge in [0.25, 0.3) is 0 Å². The van der Waals surface area contributed by atoms with Crippen LogP contribution in [0.4, 0.5) is 5.69 Å². The molecule has 0 heterocycles. The van der Waals surface area contributed by atoms with Crippen LogP contribution in [-0.4, -0.2) is 19.1 Å². The third kappa shape index (κ3) is 2.74. The Morgan fingerprint density at radius 2 is 2.29 bits per heavy atom. The van der Waals surface area contributed by atoms with E-state index in [0.717, 1.165) is 0 Å². The van der Waals surface area contributed by atoms with Gasteiger partial charge in [-0.2, -0.15) is 0 Å². The number of nitrogens with one attached hydrogen (secondary N) is 1. The van der Waals surface area contributed by atoms with Crippen molar-refractivity contribution in [1.82, 2.24) is 0 Å². The molecule has 0 bridgehead atoms. The zero-order valence-electron chi connectivity index (χ0n) is 8.28. The van der Waals surface area contributed by atoms with E-state index in [1.54, 1.807) is 32.2 Å². The molecule has 0 fully saturated rings. The molecule has 0 spiro atoms. The Bertz CT molecular complexity index is 324. The van der Waals surface area contributed by atoms with Gasteiger partial charge in [0.05, 0.1) is 13.2 Å². The van der Waals surface area contributed by atoms with Crippen LogP contribution in [0.3, 0.4) is 0 Å². The van der Waals surface area contributed by atoms with E-state index >= 15 is 0 Å². The summed E-state index contributed by atoms with van der Waals surface area (Å²) in [7, 11) is 1.58. The number of hydrogen-bond donors (Lipinski definition) is 2. The zero-order chi connectivity index (χ0) is 10.6. The standard InChI is InChI=1S/C10H14N2O2/c1-7(11)10(13)12-8-4-3-5-9(6-8)14-2/h3-7H,11H2,1-2H3,(H,12,13)/t7-/m1/s1. The van der Waals surface area contributed by atoms with Crippen LogP contribution in [0.5, 0.6) is 5.75 Å². The molecule has 0 aromatic heterocycles. The first-order chi connectivity index (χ1) is 6.63. The normalized spacial score (nSPS) is 11.9. The molecule has 1 atom stereocenters. The second kappa shape index (κ2) is 4.62. The van der Waals surface area contributed by atoms with Crippen LogP contribution in [-0.2, 0) is 4.79 Å². The fraction of sp³-hybridized carbons (Fsp3) is 0.300. The third-order valence-corrected chi connectivity index (χ3v) is 1.75. The molecule has 1 aromatic rings. The van der Waals surface area contributed by atoms with Crippen molar-refractivity contribution < 1.29 is 9.53 Å². The minimum absolute atomic E-state index is 0.210. The molecule has 1 rings (SSSR count). The summed E-state index contributed by atoms with van der Waals surface area (Å²) in [6.45, 7) is 1.63. The first-order valence-corrected chi connectivity index (χ1v) is 4.34. The van der Waals surface area contributed by atoms with E-state index in [0.29, 0.717) is 11.4 Å². The van der Waals surface area contributed by atoms with Gasteiger partial charge in [-0.1, -0.05) is 6.07 Å². The summed E-state index contributed by atoms with van der Waals surface area (Å²) < 4.78 is 5.01. The maximum atomic E-state index is 11.2. The Balaban J connectivity index is 2.72. The van der Waals surface area contributed by atoms with Gasteiger partial charge < -0.3 is 15.8 Å². The summed E-state index contributed by atoms with van der Waals surface area (Å²) >= 11 is 0. The molecule has 0 saturated carbocycles. The van der Waals surface area contributed by atoms with Gasteiger partial charge in [-0.15, -0.1) is 0 Å². The molecule has 4 nitrogen and oxygen atoms in total. The Labute approximate surface area is 83.1 Å². The third-order valence-electron chi connectivity index (χ3n) is 1.75. The monoisotopic (exact) mass is 194 g/mol. The fourth-order valence-corrected chi connectivity index (χ4v) is 0.957. The van der Waals surface area contributed by atoms with Crippen LogP contribution in [0.2, 0.25) is 0 Å². The highest BCUT2D eigenvalue weighted by Gasteiger charge is 2.07. The molecule has 0 aliphatic rings. The summed E-state index contributed by atoms with van der Waals surface area (Å²) in [5, 5.41) is 2.67. The van der Waals surface area contributed by atoms with Gasteiger partial charge >= 0.3 is 0 Å². The second-order valence-electron chi connectivity index (χ2n) is 3.01. The zero-order valence-corrected chi connectivity index (χ0v) is 8.28. The SMILES string of the molecule is COc1cccc(NC(=O)[C@@H](C)N)c1. The summed E-state index contributed by atoms with van der Waals surface area (Å²) in [5.41, 5.74) is 6.10. The molecule has 14 heavy (non-hydrogen) atoms. The van der Waals surface area contributed by atoms with Gasteiger partial charge in [-0.05, 0) is 19.1 Å². The van der Waals surface area contributed by atoms with Crippen molar-refractivity contribution in [2.45, 2.75) is 13.0 Å². The molecule has 4 heteroatoms. The van der Waals surface area contributed by atoms with Crippen molar-refractivity contribution in [3.05, 3.63) is 24.3 Å². The van der Waals surface area contributed by atoms with Crippen LogP contribution < -0.4 is 15.8 Å². The lowest BCUT2D eigenvalue weighted by Gasteiger charge is -2.08. The number of ether oxygens (including phenoxy) is 1. The predicted molar refractivity (Wildman–Crippen MR) is 55.3 cm³/mol. The van der Waals surface area contributed by atoms with Gasteiger partial charge in [0.1, 0.15) is 5.75 Å². The summed E-state index contributed by atoms with van der Waals surface area (Å²) in [6.07, 6.45) is 0. The Hall–Kier alpha value is -1.55. The Kier molecular flexibility index (Phi) is 3.48. The van der Waals surface area contributed by atoms with E-state index in [1.807, 2.05) is 6.07 Å². The van der Waals surface area contributed by atoms with E-state index in [9.17, 15) is 4.79 Å². The lowest BCUT2D eigenvalue weighted by molar-refractivity contribution is -0.117. The second-order valence-corrected chi connectivity index (χ2v) is 3.01. The van der Waals surface area contributed by atoms with Crippen molar-refractivity contribution >= 4 is 11.6 Å². The van der Waals surface area contributed by atoms with Crippen molar-refractivity contribution in [2.75, 3.05) is 12.4 Å². The van der Waals surface area contributed by atoms with E-state index in [4.69, 9.17) is 10.5 Å². The van der Waals surface area contributed by atoms with Crippen molar-refractivity contribution in [2.24, 2.45) is 5.73 Å². The molecule has 0 radical (unpaired) electrons. The Morgan fingerprint density at radius 3 is 2.86 bits per heavy atom. The first-order valence-electron chi connectivity index (χ1n) is 4.34. The summed E-state index contributed by atoms with van der Waals surface area (Å²) in [4.78, 5) is 11.2. The number of rotatable bonds is 3. The molecule has 0 aliphatic heterocycles. The molecular weight excluding hydrogens is 180 g/mol. The summed E-state index contributed by atoms with van der Waals surface area (Å²) in [6, 6.07) is 6.61. The van der Waals surface area contributed by atoms with Crippen LogP contribution in [0.25, 0.3) is 0 Å². The number of hydrogen-bond acceptors (Lipinski definition) is 3. The van der Waals surface area contributed by atoms with Gasteiger partial charge in [0.2, 0.25) is 5.91 Å². The van der Waals surface area contributed by atoms with E-state index in [-0.39, 0.29) is 5.91 Å². The van der Waals surface area contributed by atoms with Gasteiger partial charge in [0.15, 0.2) is 0 Å². The van der Waals surface area contributed by atoms with Gasteiger partial charge in [-0.3, -0.25) is 4.79 Å². The molecule has 1 aromatic carbocycles. The van der Waals surface area contributed by atoms with Crippen LogP contribution in [0.1, 0.15) is 6.92 Å². The molecule has 0 aliphatic carbocycles. The molecule has 76 valence electrons. The largest absolute Gasteiger partial charge is 0.497 e. The van der Waals surface area contributed by atoms with Crippen LogP contribution >= 0.6 is 0 Å². The minimum atomic E-state index is -0.513. The molecule has 3 N–H and O–H groups in total. The molecule has 0 unspecified atom stereocenters. The maximum absolute atomic E-state index is 11.2. The van der Waals surface area contributed by atoms with Crippen molar-refractivity contribution in [3.63, 3.8) is 0 Å². The van der Waals surface area contributed by atoms with Crippen molar-refractivity contribution in [1.29, 1.82) is 0 Å². The number of nitrogens with two attached hydrogens (primary N) is 1. The van der Waals surface area contributed by atoms with Crippen molar-refractivity contribution in [3.8, 4) is 5.75 Å². The maximum Gasteiger partial charge on any atom is 0.241 e. The predicted octanol–water partition coefficient (Wildman–Crippen LogP) is 0.981. The number of carbonyl (C=O) groups excluding carboxylic acids is 1. The topological polar surface area (TPSA) is 64.3 Å². The molecule has 0 saturated heterocycles. The highest BCUT2D eigenvalue weighted by molar-refractivity contribution is 5.94. The number of carbonyl (C=O) groups is 1. The minimum Gasteiger partial charge on any atom is -0.497 e. The molecular formula is C10H14N2O2. The first kappa shape index (κ1) is 10.5. The highest BCUT2D eigenvalue weighted by atomic mass is 16.5. The summed E-state index contributed by atoms with van der Waals surface area (Å²) in [5.74, 6) is 0.491. The lowest BCUT2D eigenvalue weighted by Crippen LogP contribution is -2.32. The average Bonchev–Trinajstić information content (AvgIpc) is 2.18. The van der Waals surface area contributed by atoms with Gasteiger partial charge in [0, 0.05) is 11.8 Å². The number of benzene rings is 1. The van der Waals surface area contributed by atoms with E-state index in [2.05, 4.69) is 5.32 Å². The van der Waals surface area contributed by atoms with Crippen LogP contribution in [0.15, 0.2) is 24.3 Å². The quantitative estimate of drug-likeness (QED) is 0.753. The number of methoxy groups -OCH3 is 1. The van der Waals surface area contributed by atoms with E-state index in [1.165, 1.54) is 0 Å². The number of anilines is 1. The van der Waals surface area contributed by atoms with E-state index < -0.39 is 6.04 Å².